The van der Waals surface area contributed by atoms with Crippen molar-refractivity contribution in [3.05, 3.63) is 24.0 Å². The van der Waals surface area contributed by atoms with Gasteiger partial charge >= 0.3 is 5.97 Å². The lowest BCUT2D eigenvalue weighted by Gasteiger charge is -2.07. The van der Waals surface area contributed by atoms with Crippen molar-refractivity contribution in [1.29, 1.82) is 0 Å². The molecule has 2 N–H and O–H groups in total. The van der Waals surface area contributed by atoms with Crippen LogP contribution in [0.3, 0.4) is 0 Å². The number of aromatic carboxylic acids is 1. The van der Waals surface area contributed by atoms with E-state index >= 15 is 0 Å². The summed E-state index contributed by atoms with van der Waals surface area (Å²) in [7, 11) is 0. The molecule has 0 saturated heterocycles. The fraction of sp³-hybridized carbons (Fsp3) is 0.300. The Bertz CT molecular complexity index is 559. The van der Waals surface area contributed by atoms with Crippen LogP contribution in [-0.2, 0) is 0 Å². The highest BCUT2D eigenvalue weighted by Crippen LogP contribution is 2.25. The molecule has 1 saturated carbocycles. The number of rotatable bonds is 3. The summed E-state index contributed by atoms with van der Waals surface area (Å²) in [5.74, 6) is -0.336. The second kappa shape index (κ2) is 3.19. The van der Waals surface area contributed by atoms with E-state index < -0.39 is 5.97 Å². The second-order valence-corrected chi connectivity index (χ2v) is 3.85. The quantitative estimate of drug-likeness (QED) is 0.803. The average molecular weight is 218 g/mol. The second-order valence-electron chi connectivity index (χ2n) is 3.85. The summed E-state index contributed by atoms with van der Waals surface area (Å²) < 4.78 is 1.62. The molecule has 1 aliphatic carbocycles. The summed E-state index contributed by atoms with van der Waals surface area (Å²) >= 11 is 0. The largest absolute Gasteiger partial charge is 0.477 e. The minimum Gasteiger partial charge on any atom is -0.477 e. The Kier molecular flexibility index (Phi) is 1.82. The van der Waals surface area contributed by atoms with Crippen LogP contribution in [0.15, 0.2) is 18.3 Å². The predicted octanol–water partition coefficient (Wildman–Crippen LogP) is 1.00. The van der Waals surface area contributed by atoms with Crippen LogP contribution in [0.2, 0.25) is 0 Å². The molecule has 0 aliphatic heterocycles. The van der Waals surface area contributed by atoms with Gasteiger partial charge in [-0.25, -0.2) is 9.78 Å². The first-order valence-corrected chi connectivity index (χ1v) is 5.08. The number of nitrogens with one attached hydrogen (secondary N) is 1. The first kappa shape index (κ1) is 9.14. The number of fused-ring (bicyclic) bond motifs is 1. The number of carbonyl (C=O) groups is 1. The van der Waals surface area contributed by atoms with Gasteiger partial charge in [0.2, 0.25) is 0 Å². The Morgan fingerprint density at radius 1 is 1.56 bits per heavy atom. The maximum absolute atomic E-state index is 10.9. The van der Waals surface area contributed by atoms with Gasteiger partial charge in [0.05, 0.1) is 6.20 Å². The van der Waals surface area contributed by atoms with E-state index in [0.717, 1.165) is 12.8 Å². The van der Waals surface area contributed by atoms with Gasteiger partial charge in [-0.1, -0.05) is 0 Å². The zero-order valence-corrected chi connectivity index (χ0v) is 8.42. The molecule has 6 nitrogen and oxygen atoms in total. The van der Waals surface area contributed by atoms with Crippen LogP contribution in [0.5, 0.6) is 0 Å². The van der Waals surface area contributed by atoms with Crippen LogP contribution in [0.25, 0.3) is 5.65 Å². The molecule has 82 valence electrons. The number of aromatic nitrogens is 3. The molecule has 2 aromatic heterocycles. The number of hydrogen-bond donors (Lipinski definition) is 2. The smallest absolute Gasteiger partial charge is 0.354 e. The molecule has 0 radical (unpaired) electrons. The van der Waals surface area contributed by atoms with E-state index in [1.54, 1.807) is 16.8 Å². The Morgan fingerprint density at radius 2 is 2.38 bits per heavy atom. The van der Waals surface area contributed by atoms with E-state index in [0.29, 0.717) is 17.5 Å². The average Bonchev–Trinajstić information content (AvgIpc) is 2.93. The minimum atomic E-state index is -1.03. The fourth-order valence-electron chi connectivity index (χ4n) is 1.56. The topological polar surface area (TPSA) is 79.5 Å². The van der Waals surface area contributed by atoms with Crippen LogP contribution >= 0.6 is 0 Å². The third-order valence-electron chi connectivity index (χ3n) is 2.51. The van der Waals surface area contributed by atoms with Crippen LogP contribution in [0.1, 0.15) is 23.3 Å². The summed E-state index contributed by atoms with van der Waals surface area (Å²) in [5, 5.41) is 16.3. The molecule has 1 fully saturated rings. The number of anilines is 1. The number of carboxylic acid groups (broad SMARTS) is 1. The maximum Gasteiger partial charge on any atom is 0.354 e. The Labute approximate surface area is 90.9 Å². The van der Waals surface area contributed by atoms with Crippen molar-refractivity contribution in [3.63, 3.8) is 0 Å². The highest BCUT2D eigenvalue weighted by atomic mass is 16.4. The molecule has 0 atom stereocenters. The van der Waals surface area contributed by atoms with Crippen LogP contribution in [-0.4, -0.2) is 31.7 Å². The highest BCUT2D eigenvalue weighted by Gasteiger charge is 2.23. The van der Waals surface area contributed by atoms with Gasteiger partial charge in [0, 0.05) is 18.2 Å². The molecular formula is C10H10N4O2. The van der Waals surface area contributed by atoms with E-state index in [1.807, 2.05) is 0 Å². The van der Waals surface area contributed by atoms with Gasteiger partial charge < -0.3 is 10.4 Å². The minimum absolute atomic E-state index is 0.0381. The lowest BCUT2D eigenvalue weighted by atomic mass is 10.4. The summed E-state index contributed by atoms with van der Waals surface area (Å²) in [5.41, 5.74) is 0.583. The first-order chi connectivity index (χ1) is 7.74. The molecule has 0 aromatic carbocycles. The molecule has 1 aliphatic rings. The summed E-state index contributed by atoms with van der Waals surface area (Å²) in [6, 6.07) is 3.64. The van der Waals surface area contributed by atoms with E-state index in [4.69, 9.17) is 5.11 Å². The molecule has 2 aromatic rings. The van der Waals surface area contributed by atoms with Crippen molar-refractivity contribution in [3.8, 4) is 0 Å². The summed E-state index contributed by atoms with van der Waals surface area (Å²) in [4.78, 5) is 14.9. The number of nitrogens with zero attached hydrogens (tertiary/aromatic N) is 3. The molecule has 6 heteroatoms. The Morgan fingerprint density at radius 3 is 3.06 bits per heavy atom. The van der Waals surface area contributed by atoms with E-state index in [2.05, 4.69) is 15.4 Å². The molecule has 0 amide bonds. The molecular weight excluding hydrogens is 208 g/mol. The zero-order chi connectivity index (χ0) is 11.1. The third-order valence-corrected chi connectivity index (χ3v) is 2.51. The predicted molar refractivity (Wildman–Crippen MR) is 56.6 cm³/mol. The van der Waals surface area contributed by atoms with Gasteiger partial charge in [-0.2, -0.15) is 9.61 Å². The first-order valence-electron chi connectivity index (χ1n) is 5.08. The SMILES string of the molecule is O=C(O)c1cc(NC2CC2)n2nccc2n1. The molecule has 3 rings (SSSR count). The van der Waals surface area contributed by atoms with Gasteiger partial charge in [0.15, 0.2) is 11.3 Å². The van der Waals surface area contributed by atoms with Crippen molar-refractivity contribution in [2.75, 3.05) is 5.32 Å². The van der Waals surface area contributed by atoms with E-state index in [-0.39, 0.29) is 5.69 Å². The molecule has 16 heavy (non-hydrogen) atoms. The van der Waals surface area contributed by atoms with E-state index in [9.17, 15) is 4.79 Å². The van der Waals surface area contributed by atoms with Crippen LogP contribution < -0.4 is 5.32 Å². The third kappa shape index (κ3) is 1.48. The van der Waals surface area contributed by atoms with Gasteiger partial charge in [-0.3, -0.25) is 0 Å². The number of carboxylic acids is 1. The van der Waals surface area contributed by atoms with Crippen LogP contribution in [0.4, 0.5) is 5.82 Å². The Balaban J connectivity index is 2.13. The highest BCUT2D eigenvalue weighted by molar-refractivity contribution is 5.87. The number of hydrogen-bond acceptors (Lipinski definition) is 4. The lowest BCUT2D eigenvalue weighted by Crippen LogP contribution is -2.11. The van der Waals surface area contributed by atoms with Gasteiger partial charge in [-0.05, 0) is 12.8 Å². The lowest BCUT2D eigenvalue weighted by molar-refractivity contribution is 0.0690. The molecule has 2 heterocycles. The van der Waals surface area contributed by atoms with Gasteiger partial charge in [0.25, 0.3) is 0 Å². The normalized spacial score (nSPS) is 15.2. The zero-order valence-electron chi connectivity index (χ0n) is 8.42. The summed E-state index contributed by atoms with van der Waals surface area (Å²) in [6.45, 7) is 0. The molecule has 0 bridgehead atoms. The van der Waals surface area contributed by atoms with Crippen molar-refractivity contribution in [1.82, 2.24) is 14.6 Å². The fourth-order valence-corrected chi connectivity index (χ4v) is 1.56. The van der Waals surface area contributed by atoms with Crippen molar-refractivity contribution >= 4 is 17.4 Å². The van der Waals surface area contributed by atoms with Gasteiger partial charge in [-0.15, -0.1) is 0 Å². The summed E-state index contributed by atoms with van der Waals surface area (Å²) in [6.07, 6.45) is 3.84. The Hall–Kier alpha value is -2.11. The van der Waals surface area contributed by atoms with Crippen molar-refractivity contribution in [2.24, 2.45) is 0 Å². The van der Waals surface area contributed by atoms with Crippen molar-refractivity contribution < 1.29 is 9.90 Å². The molecule has 0 spiro atoms. The standard InChI is InChI=1S/C10H10N4O2/c15-10(16)7-5-9(12-6-1-2-6)14-8(13-7)3-4-11-14/h3-6,12H,1-2H2,(H,15,16). The van der Waals surface area contributed by atoms with Crippen molar-refractivity contribution in [2.45, 2.75) is 18.9 Å². The van der Waals surface area contributed by atoms with Crippen LogP contribution in [0, 0.1) is 0 Å². The van der Waals surface area contributed by atoms with E-state index in [1.165, 1.54) is 6.07 Å². The van der Waals surface area contributed by atoms with Gasteiger partial charge in [0.1, 0.15) is 5.82 Å². The monoisotopic (exact) mass is 218 g/mol. The maximum atomic E-state index is 10.9. The molecule has 0 unspecified atom stereocenters.